The molecule has 0 heterocycles. The van der Waals surface area contributed by atoms with Crippen molar-refractivity contribution in [2.45, 2.75) is 26.6 Å². The Balaban J connectivity index is 2.64. The monoisotopic (exact) mass is 256 g/mol. The van der Waals surface area contributed by atoms with E-state index in [0.717, 1.165) is 0 Å². The number of hydrogen-bond acceptors (Lipinski definition) is 4. The zero-order valence-electron chi connectivity index (χ0n) is 9.60. The fourth-order valence-electron chi connectivity index (χ4n) is 1.15. The van der Waals surface area contributed by atoms with Crippen molar-refractivity contribution in [2.75, 3.05) is 0 Å². The van der Waals surface area contributed by atoms with Crippen LogP contribution in [0.5, 0.6) is 0 Å². The van der Waals surface area contributed by atoms with Gasteiger partial charge in [-0.25, -0.2) is 4.79 Å². The fraction of sp³-hybridized carbons (Fsp3) is 0.333. The average Bonchev–Trinajstić information content (AvgIpc) is 2.28. The van der Waals surface area contributed by atoms with Gasteiger partial charge < -0.3 is 9.47 Å². The van der Waals surface area contributed by atoms with E-state index < -0.39 is 18.2 Å². The van der Waals surface area contributed by atoms with Crippen LogP contribution in [-0.2, 0) is 14.3 Å². The SMILES string of the molecule is CCC(OC(C)=O)OC(=O)c1ccc(Cl)cc1. The first kappa shape index (κ1) is 13.5. The summed E-state index contributed by atoms with van der Waals surface area (Å²) in [4.78, 5) is 22.4. The van der Waals surface area contributed by atoms with Crippen LogP contribution in [0.15, 0.2) is 24.3 Å². The summed E-state index contributed by atoms with van der Waals surface area (Å²) in [6.07, 6.45) is -0.450. The Hall–Kier alpha value is -1.55. The van der Waals surface area contributed by atoms with Gasteiger partial charge in [-0.3, -0.25) is 4.79 Å². The molecule has 5 heteroatoms. The number of carbonyl (C=O) groups excluding carboxylic acids is 2. The number of carbonyl (C=O) groups is 2. The number of esters is 2. The summed E-state index contributed by atoms with van der Waals surface area (Å²) in [6, 6.07) is 6.27. The molecule has 0 amide bonds. The van der Waals surface area contributed by atoms with Crippen molar-refractivity contribution in [3.63, 3.8) is 0 Å². The van der Waals surface area contributed by atoms with E-state index in [1.807, 2.05) is 0 Å². The Kier molecular flexibility index (Phi) is 4.97. The molecule has 0 aromatic heterocycles. The lowest BCUT2D eigenvalue weighted by atomic mass is 10.2. The highest BCUT2D eigenvalue weighted by molar-refractivity contribution is 6.30. The van der Waals surface area contributed by atoms with E-state index in [-0.39, 0.29) is 0 Å². The minimum Gasteiger partial charge on any atom is -0.425 e. The lowest BCUT2D eigenvalue weighted by Crippen LogP contribution is -2.22. The highest BCUT2D eigenvalue weighted by atomic mass is 35.5. The molecule has 0 radical (unpaired) electrons. The molecule has 0 saturated carbocycles. The lowest BCUT2D eigenvalue weighted by Gasteiger charge is -2.15. The molecule has 1 atom stereocenters. The number of rotatable bonds is 4. The summed E-state index contributed by atoms with van der Waals surface area (Å²) >= 11 is 5.70. The number of ether oxygens (including phenoxy) is 2. The Morgan fingerprint density at radius 2 is 1.82 bits per heavy atom. The second-order valence-electron chi connectivity index (χ2n) is 3.36. The molecule has 0 saturated heterocycles. The average molecular weight is 257 g/mol. The standard InChI is InChI=1S/C12H13ClO4/c1-3-11(16-8(2)14)17-12(15)9-4-6-10(13)7-5-9/h4-7,11H,3H2,1-2H3. The van der Waals surface area contributed by atoms with E-state index in [9.17, 15) is 9.59 Å². The van der Waals surface area contributed by atoms with E-state index in [2.05, 4.69) is 0 Å². The molecule has 0 aliphatic heterocycles. The maximum atomic E-state index is 11.7. The molecule has 17 heavy (non-hydrogen) atoms. The maximum Gasteiger partial charge on any atom is 0.341 e. The molecule has 0 N–H and O–H groups in total. The predicted molar refractivity (Wildman–Crippen MR) is 62.7 cm³/mol. The van der Waals surface area contributed by atoms with Gasteiger partial charge >= 0.3 is 11.9 Å². The molecule has 1 aromatic rings. The van der Waals surface area contributed by atoms with Crippen molar-refractivity contribution < 1.29 is 19.1 Å². The Labute approximate surface area is 104 Å². The third kappa shape index (κ3) is 4.44. The largest absolute Gasteiger partial charge is 0.425 e. The molecule has 0 aliphatic carbocycles. The highest BCUT2D eigenvalue weighted by Crippen LogP contribution is 2.12. The van der Waals surface area contributed by atoms with Crippen LogP contribution < -0.4 is 0 Å². The molecule has 0 spiro atoms. The molecule has 0 fully saturated rings. The predicted octanol–water partition coefficient (Wildman–Crippen LogP) is 2.80. The summed E-state index contributed by atoms with van der Waals surface area (Å²) in [6.45, 7) is 3.02. The van der Waals surface area contributed by atoms with Gasteiger partial charge in [-0.15, -0.1) is 0 Å². The first-order valence-corrected chi connectivity index (χ1v) is 5.54. The Bertz CT molecular complexity index is 399. The van der Waals surface area contributed by atoms with Gasteiger partial charge in [0.25, 0.3) is 0 Å². The number of halogens is 1. The lowest BCUT2D eigenvalue weighted by molar-refractivity contribution is -0.166. The Morgan fingerprint density at radius 3 is 2.29 bits per heavy atom. The zero-order valence-corrected chi connectivity index (χ0v) is 10.4. The quantitative estimate of drug-likeness (QED) is 0.614. The summed E-state index contributed by atoms with van der Waals surface area (Å²) in [5.74, 6) is -1.03. The van der Waals surface area contributed by atoms with Crippen LogP contribution in [0.3, 0.4) is 0 Å². The smallest absolute Gasteiger partial charge is 0.341 e. The highest BCUT2D eigenvalue weighted by Gasteiger charge is 2.16. The number of hydrogen-bond donors (Lipinski definition) is 0. The molecule has 1 unspecified atom stereocenters. The van der Waals surface area contributed by atoms with Gasteiger partial charge in [-0.05, 0) is 24.3 Å². The molecule has 1 rings (SSSR count). The van der Waals surface area contributed by atoms with Gasteiger partial charge in [-0.1, -0.05) is 18.5 Å². The van der Waals surface area contributed by atoms with Gasteiger partial charge in [0, 0.05) is 18.4 Å². The molecule has 1 aromatic carbocycles. The molecule has 4 nitrogen and oxygen atoms in total. The minimum atomic E-state index is -0.851. The van der Waals surface area contributed by atoms with Crippen molar-refractivity contribution in [3.05, 3.63) is 34.9 Å². The van der Waals surface area contributed by atoms with Crippen molar-refractivity contribution in [1.82, 2.24) is 0 Å². The first-order valence-electron chi connectivity index (χ1n) is 5.16. The van der Waals surface area contributed by atoms with Gasteiger partial charge in [-0.2, -0.15) is 0 Å². The van der Waals surface area contributed by atoms with E-state index in [4.69, 9.17) is 21.1 Å². The van der Waals surface area contributed by atoms with Crippen LogP contribution in [0.2, 0.25) is 5.02 Å². The van der Waals surface area contributed by atoms with Crippen LogP contribution >= 0.6 is 11.6 Å². The van der Waals surface area contributed by atoms with Gasteiger partial charge in [0.2, 0.25) is 6.29 Å². The molecular formula is C12H13ClO4. The summed E-state index contributed by atoms with van der Waals surface area (Å²) < 4.78 is 9.82. The van der Waals surface area contributed by atoms with Crippen molar-refractivity contribution in [2.24, 2.45) is 0 Å². The third-order valence-electron chi connectivity index (χ3n) is 1.95. The van der Waals surface area contributed by atoms with Gasteiger partial charge in [0.15, 0.2) is 0 Å². The Morgan fingerprint density at radius 1 is 1.24 bits per heavy atom. The van der Waals surface area contributed by atoms with Crippen molar-refractivity contribution in [1.29, 1.82) is 0 Å². The van der Waals surface area contributed by atoms with Crippen LogP contribution in [0.25, 0.3) is 0 Å². The van der Waals surface area contributed by atoms with E-state index in [1.165, 1.54) is 6.92 Å². The molecule has 0 bridgehead atoms. The van der Waals surface area contributed by atoms with Crippen LogP contribution in [0.4, 0.5) is 0 Å². The summed E-state index contributed by atoms with van der Waals surface area (Å²) in [5, 5.41) is 0.536. The van der Waals surface area contributed by atoms with E-state index in [0.29, 0.717) is 17.0 Å². The fourth-order valence-corrected chi connectivity index (χ4v) is 1.28. The molecular weight excluding hydrogens is 244 g/mol. The normalized spacial score (nSPS) is 11.7. The summed E-state index contributed by atoms with van der Waals surface area (Å²) in [5.41, 5.74) is 0.361. The van der Waals surface area contributed by atoms with E-state index in [1.54, 1.807) is 31.2 Å². The number of benzene rings is 1. The molecule has 92 valence electrons. The van der Waals surface area contributed by atoms with Crippen LogP contribution in [0.1, 0.15) is 30.6 Å². The van der Waals surface area contributed by atoms with Crippen molar-refractivity contribution >= 4 is 23.5 Å². The van der Waals surface area contributed by atoms with Crippen LogP contribution in [-0.4, -0.2) is 18.2 Å². The van der Waals surface area contributed by atoms with Crippen molar-refractivity contribution in [3.8, 4) is 0 Å². The second-order valence-corrected chi connectivity index (χ2v) is 3.80. The topological polar surface area (TPSA) is 52.6 Å². The summed E-state index contributed by atoms with van der Waals surface area (Å²) in [7, 11) is 0. The van der Waals surface area contributed by atoms with Crippen LogP contribution in [0, 0.1) is 0 Å². The van der Waals surface area contributed by atoms with Gasteiger partial charge in [0.05, 0.1) is 5.56 Å². The maximum absolute atomic E-state index is 11.7. The minimum absolute atomic E-state index is 0.361. The van der Waals surface area contributed by atoms with E-state index >= 15 is 0 Å². The van der Waals surface area contributed by atoms with Gasteiger partial charge in [0.1, 0.15) is 0 Å². The first-order chi connectivity index (χ1) is 8.02. The second kappa shape index (κ2) is 6.25. The molecule has 0 aliphatic rings. The third-order valence-corrected chi connectivity index (χ3v) is 2.20. The zero-order chi connectivity index (χ0) is 12.8.